The normalized spacial score (nSPS) is 14.6. The van der Waals surface area contributed by atoms with E-state index < -0.39 is 26.5 Å². The maximum Gasteiger partial charge on any atom is 0.472 e. The lowest BCUT2D eigenvalue weighted by Crippen LogP contribution is -2.37. The van der Waals surface area contributed by atoms with Crippen LogP contribution in [-0.2, 0) is 32.7 Å². The lowest BCUT2D eigenvalue weighted by molar-refractivity contribution is -0.870. The molecule has 2 atom stereocenters. The van der Waals surface area contributed by atoms with Gasteiger partial charge in [0.2, 0.25) is 0 Å². The van der Waals surface area contributed by atoms with Crippen LogP contribution in [0.25, 0.3) is 0 Å². The zero-order valence-electron chi connectivity index (χ0n) is 20.7. The Hall–Kier alpha value is -0.990. The fourth-order valence-corrected chi connectivity index (χ4v) is 3.44. The van der Waals surface area contributed by atoms with E-state index in [1.165, 1.54) is 25.7 Å². The molecule has 32 heavy (non-hydrogen) atoms. The van der Waals surface area contributed by atoms with Crippen molar-refractivity contribution < 1.29 is 42.1 Å². The summed E-state index contributed by atoms with van der Waals surface area (Å²) in [6.07, 6.45) is 7.74. The molecular formula is C22H45NO8P+. The third-order valence-corrected chi connectivity index (χ3v) is 5.59. The first-order chi connectivity index (χ1) is 15.0. The first kappa shape index (κ1) is 31.0. The molecule has 0 aliphatic rings. The third kappa shape index (κ3) is 19.7. The van der Waals surface area contributed by atoms with E-state index in [0.29, 0.717) is 17.4 Å². The van der Waals surface area contributed by atoms with E-state index in [2.05, 4.69) is 6.92 Å². The average Bonchev–Trinajstić information content (AvgIpc) is 2.68. The summed E-state index contributed by atoms with van der Waals surface area (Å²) in [7, 11) is 1.47. The van der Waals surface area contributed by atoms with Crippen molar-refractivity contribution >= 4 is 19.8 Å². The second-order valence-electron chi connectivity index (χ2n) is 9.03. The van der Waals surface area contributed by atoms with Gasteiger partial charge in [-0.15, -0.1) is 0 Å². The molecule has 10 heteroatoms. The van der Waals surface area contributed by atoms with Crippen LogP contribution in [-0.4, -0.2) is 74.9 Å². The van der Waals surface area contributed by atoms with Crippen LogP contribution >= 0.6 is 7.82 Å². The Labute approximate surface area is 193 Å². The summed E-state index contributed by atoms with van der Waals surface area (Å²) in [5.74, 6) is -0.871. The number of phosphoric ester groups is 1. The Balaban J connectivity index is 4.42. The zero-order valence-corrected chi connectivity index (χ0v) is 21.6. The third-order valence-electron chi connectivity index (χ3n) is 4.61. The largest absolute Gasteiger partial charge is 0.472 e. The smallest absolute Gasteiger partial charge is 0.462 e. The standard InChI is InChI=1S/C22H44NO8P/c1-6-8-9-10-11-12-13-15-21(24)28-18-20(31-22(25)14-7-2)19-30-32(26,27)29-17-16-23(3,4)5/h20H,6-19H2,1-5H3/p+1/t20-/m1/s1. The van der Waals surface area contributed by atoms with Crippen LogP contribution in [0.1, 0.15) is 78.1 Å². The number of hydrogen-bond donors (Lipinski definition) is 1. The summed E-state index contributed by atoms with van der Waals surface area (Å²) in [5.41, 5.74) is 0. The quantitative estimate of drug-likeness (QED) is 0.119. The number of quaternary nitrogens is 1. The molecule has 0 amide bonds. The second-order valence-corrected chi connectivity index (χ2v) is 10.5. The number of ether oxygens (including phenoxy) is 2. The van der Waals surface area contributed by atoms with Crippen molar-refractivity contribution in [2.24, 2.45) is 0 Å². The van der Waals surface area contributed by atoms with Gasteiger partial charge >= 0.3 is 19.8 Å². The first-order valence-corrected chi connectivity index (χ1v) is 13.3. The summed E-state index contributed by atoms with van der Waals surface area (Å²) >= 11 is 0. The monoisotopic (exact) mass is 482 g/mol. The fourth-order valence-electron chi connectivity index (χ4n) is 2.69. The van der Waals surface area contributed by atoms with E-state index in [0.717, 1.165) is 19.3 Å². The molecule has 0 saturated carbocycles. The van der Waals surface area contributed by atoms with E-state index in [-0.39, 0.29) is 32.0 Å². The molecule has 0 rings (SSSR count). The number of unbranched alkanes of at least 4 members (excludes halogenated alkanes) is 6. The van der Waals surface area contributed by atoms with Gasteiger partial charge in [0.05, 0.1) is 27.7 Å². The molecule has 0 heterocycles. The minimum absolute atomic E-state index is 0.0327. The number of carbonyl (C=O) groups is 2. The van der Waals surface area contributed by atoms with E-state index >= 15 is 0 Å². The molecular weight excluding hydrogens is 437 g/mol. The fraction of sp³-hybridized carbons (Fsp3) is 0.909. The first-order valence-electron chi connectivity index (χ1n) is 11.8. The molecule has 0 radical (unpaired) electrons. The molecule has 0 aromatic heterocycles. The van der Waals surface area contributed by atoms with E-state index in [1.807, 2.05) is 28.1 Å². The zero-order chi connectivity index (χ0) is 24.5. The number of hydrogen-bond acceptors (Lipinski definition) is 7. The van der Waals surface area contributed by atoms with Gasteiger partial charge in [0, 0.05) is 12.8 Å². The Morgan fingerprint density at radius 2 is 1.47 bits per heavy atom. The molecule has 1 N–H and O–H groups in total. The highest BCUT2D eigenvalue weighted by Gasteiger charge is 2.26. The molecule has 190 valence electrons. The predicted octanol–water partition coefficient (Wildman–Crippen LogP) is 4.22. The maximum absolute atomic E-state index is 12.1. The average molecular weight is 483 g/mol. The summed E-state index contributed by atoms with van der Waals surface area (Å²) in [6.45, 7) is 3.91. The van der Waals surface area contributed by atoms with Gasteiger partial charge in [0.25, 0.3) is 0 Å². The van der Waals surface area contributed by atoms with Gasteiger partial charge in [-0.3, -0.25) is 18.6 Å². The van der Waals surface area contributed by atoms with Gasteiger partial charge in [-0.05, 0) is 12.8 Å². The van der Waals surface area contributed by atoms with Crippen molar-refractivity contribution in [3.05, 3.63) is 0 Å². The van der Waals surface area contributed by atoms with Crippen LogP contribution < -0.4 is 0 Å². The van der Waals surface area contributed by atoms with Crippen molar-refractivity contribution in [2.75, 3.05) is 47.5 Å². The highest BCUT2D eigenvalue weighted by atomic mass is 31.2. The van der Waals surface area contributed by atoms with Crippen LogP contribution in [0.4, 0.5) is 0 Å². The maximum atomic E-state index is 12.1. The number of rotatable bonds is 20. The molecule has 0 saturated heterocycles. The minimum atomic E-state index is -4.31. The van der Waals surface area contributed by atoms with Gasteiger partial charge in [0.1, 0.15) is 19.8 Å². The van der Waals surface area contributed by atoms with Crippen LogP contribution in [0.15, 0.2) is 0 Å². The van der Waals surface area contributed by atoms with Gasteiger partial charge in [0.15, 0.2) is 6.10 Å². The van der Waals surface area contributed by atoms with Crippen molar-refractivity contribution in [2.45, 2.75) is 84.2 Å². The summed E-state index contributed by atoms with van der Waals surface area (Å²) in [5, 5.41) is 0. The lowest BCUT2D eigenvalue weighted by atomic mass is 10.1. The molecule has 0 aromatic rings. The SMILES string of the molecule is CCCCCCCCCC(=O)OC[C@H](COP(=O)(O)OCC[N+](C)(C)C)OC(=O)CCC. The van der Waals surface area contributed by atoms with Gasteiger partial charge < -0.3 is 18.9 Å². The molecule has 0 aliphatic heterocycles. The van der Waals surface area contributed by atoms with Crippen molar-refractivity contribution in [3.8, 4) is 0 Å². The number of carbonyl (C=O) groups excluding carboxylic acids is 2. The Bertz CT molecular complexity index is 565. The lowest BCUT2D eigenvalue weighted by Gasteiger charge is -2.24. The van der Waals surface area contributed by atoms with E-state index in [4.69, 9.17) is 18.5 Å². The Kier molecular flexibility index (Phi) is 16.9. The van der Waals surface area contributed by atoms with Crippen molar-refractivity contribution in [1.82, 2.24) is 0 Å². The van der Waals surface area contributed by atoms with Crippen LogP contribution in [0.5, 0.6) is 0 Å². The highest BCUT2D eigenvalue weighted by molar-refractivity contribution is 7.47. The summed E-state index contributed by atoms with van der Waals surface area (Å²) in [4.78, 5) is 33.7. The number of esters is 2. The topological polar surface area (TPSA) is 108 Å². The van der Waals surface area contributed by atoms with Crippen molar-refractivity contribution in [1.29, 1.82) is 0 Å². The summed E-state index contributed by atoms with van der Waals surface area (Å²) < 4.78 is 33.0. The number of likely N-dealkylation sites (N-methyl/N-ethyl adjacent to an activating group) is 1. The molecule has 0 aromatic carbocycles. The van der Waals surface area contributed by atoms with E-state index in [1.54, 1.807) is 0 Å². The predicted molar refractivity (Wildman–Crippen MR) is 123 cm³/mol. The molecule has 0 spiro atoms. The van der Waals surface area contributed by atoms with Crippen LogP contribution in [0.2, 0.25) is 0 Å². The van der Waals surface area contributed by atoms with Crippen LogP contribution in [0.3, 0.4) is 0 Å². The summed E-state index contributed by atoms with van der Waals surface area (Å²) in [6, 6.07) is 0. The van der Waals surface area contributed by atoms with Crippen molar-refractivity contribution in [3.63, 3.8) is 0 Å². The molecule has 0 aliphatic carbocycles. The number of phosphoric acid groups is 1. The molecule has 0 bridgehead atoms. The van der Waals surface area contributed by atoms with Gasteiger partial charge in [-0.2, -0.15) is 0 Å². The molecule has 9 nitrogen and oxygen atoms in total. The molecule has 0 fully saturated rings. The second kappa shape index (κ2) is 17.5. The van der Waals surface area contributed by atoms with E-state index in [9.17, 15) is 19.0 Å². The van der Waals surface area contributed by atoms with Gasteiger partial charge in [-0.25, -0.2) is 4.57 Å². The van der Waals surface area contributed by atoms with Crippen LogP contribution in [0, 0.1) is 0 Å². The Morgan fingerprint density at radius 3 is 2.06 bits per heavy atom. The number of nitrogens with zero attached hydrogens (tertiary/aromatic N) is 1. The highest BCUT2D eigenvalue weighted by Crippen LogP contribution is 2.43. The Morgan fingerprint density at radius 1 is 0.844 bits per heavy atom. The minimum Gasteiger partial charge on any atom is -0.462 e. The molecule has 1 unspecified atom stereocenters. The van der Waals surface area contributed by atoms with Gasteiger partial charge in [-0.1, -0.05) is 52.4 Å².